The van der Waals surface area contributed by atoms with E-state index in [1.807, 2.05) is 13.1 Å². The first-order valence-corrected chi connectivity index (χ1v) is 7.39. The molecule has 0 spiro atoms. The van der Waals surface area contributed by atoms with Gasteiger partial charge in [0.15, 0.2) is 0 Å². The predicted molar refractivity (Wildman–Crippen MR) is 84.3 cm³/mol. The zero-order valence-electron chi connectivity index (χ0n) is 13.2. The van der Waals surface area contributed by atoms with Gasteiger partial charge in [-0.25, -0.2) is 9.97 Å². The summed E-state index contributed by atoms with van der Waals surface area (Å²) < 4.78 is 0. The molecule has 0 radical (unpaired) electrons. The smallest absolute Gasteiger partial charge is 0.138 e. The molecule has 1 rings (SSSR count). The lowest BCUT2D eigenvalue weighted by atomic mass is 9.96. The molecule has 1 aromatic heterocycles. The van der Waals surface area contributed by atoms with Crippen LogP contribution in [0.25, 0.3) is 0 Å². The van der Waals surface area contributed by atoms with Crippen molar-refractivity contribution in [1.29, 1.82) is 0 Å². The molecule has 114 valence electrons. The zero-order chi connectivity index (χ0) is 15.0. The standard InChI is InChI=1S/C15H28N4O/c1-15(2,3)14-18-12(16-4)11-13(19-14)17-9-7-5-6-8-10-20/h11,20H,5-10H2,1-4H3,(H2,16,17,18,19). The third kappa shape index (κ3) is 5.74. The molecule has 0 aromatic carbocycles. The molecule has 1 aromatic rings. The quantitative estimate of drug-likeness (QED) is 0.639. The van der Waals surface area contributed by atoms with E-state index in [1.54, 1.807) is 0 Å². The zero-order valence-corrected chi connectivity index (χ0v) is 13.2. The van der Waals surface area contributed by atoms with Crippen LogP contribution in [0.15, 0.2) is 6.07 Å². The van der Waals surface area contributed by atoms with Crippen molar-refractivity contribution in [3.63, 3.8) is 0 Å². The molecule has 5 nitrogen and oxygen atoms in total. The van der Waals surface area contributed by atoms with E-state index >= 15 is 0 Å². The van der Waals surface area contributed by atoms with Crippen molar-refractivity contribution in [3.05, 3.63) is 11.9 Å². The number of hydrogen-bond acceptors (Lipinski definition) is 5. The number of hydrogen-bond donors (Lipinski definition) is 3. The Hall–Kier alpha value is -1.36. The molecular formula is C15H28N4O. The largest absolute Gasteiger partial charge is 0.396 e. The third-order valence-electron chi connectivity index (χ3n) is 3.04. The van der Waals surface area contributed by atoms with Gasteiger partial charge >= 0.3 is 0 Å². The topological polar surface area (TPSA) is 70.1 Å². The predicted octanol–water partition coefficient (Wildman–Crippen LogP) is 2.78. The first-order chi connectivity index (χ1) is 9.47. The summed E-state index contributed by atoms with van der Waals surface area (Å²) in [5.74, 6) is 2.55. The molecule has 0 aliphatic heterocycles. The fourth-order valence-corrected chi connectivity index (χ4v) is 1.81. The molecule has 1 heterocycles. The van der Waals surface area contributed by atoms with Crippen LogP contribution in [0, 0.1) is 0 Å². The van der Waals surface area contributed by atoms with Crippen LogP contribution in [-0.2, 0) is 5.41 Å². The Labute approximate surface area is 122 Å². The summed E-state index contributed by atoms with van der Waals surface area (Å²) in [6.45, 7) is 7.52. The number of nitrogens with one attached hydrogen (secondary N) is 2. The van der Waals surface area contributed by atoms with E-state index < -0.39 is 0 Å². The lowest BCUT2D eigenvalue weighted by Gasteiger charge is -2.18. The number of rotatable bonds is 8. The summed E-state index contributed by atoms with van der Waals surface area (Å²) >= 11 is 0. The minimum Gasteiger partial charge on any atom is -0.396 e. The minimum atomic E-state index is -0.0651. The van der Waals surface area contributed by atoms with Gasteiger partial charge in [-0.3, -0.25) is 0 Å². The van der Waals surface area contributed by atoms with Crippen LogP contribution in [0.2, 0.25) is 0 Å². The highest BCUT2D eigenvalue weighted by atomic mass is 16.2. The maximum atomic E-state index is 8.73. The van der Waals surface area contributed by atoms with Crippen molar-refractivity contribution in [2.75, 3.05) is 30.8 Å². The van der Waals surface area contributed by atoms with Gasteiger partial charge in [0.25, 0.3) is 0 Å². The Bertz CT molecular complexity index is 401. The molecule has 0 saturated carbocycles. The highest BCUT2D eigenvalue weighted by molar-refractivity contribution is 5.47. The van der Waals surface area contributed by atoms with Crippen LogP contribution in [0.1, 0.15) is 52.3 Å². The van der Waals surface area contributed by atoms with Crippen molar-refractivity contribution in [2.24, 2.45) is 0 Å². The first-order valence-electron chi connectivity index (χ1n) is 7.39. The van der Waals surface area contributed by atoms with Crippen molar-refractivity contribution < 1.29 is 5.11 Å². The van der Waals surface area contributed by atoms with E-state index in [1.165, 1.54) is 0 Å². The van der Waals surface area contributed by atoms with Crippen molar-refractivity contribution in [3.8, 4) is 0 Å². The van der Waals surface area contributed by atoms with E-state index in [4.69, 9.17) is 5.11 Å². The van der Waals surface area contributed by atoms with Crippen LogP contribution < -0.4 is 10.6 Å². The first kappa shape index (κ1) is 16.7. The number of aliphatic hydroxyl groups is 1. The summed E-state index contributed by atoms with van der Waals surface area (Å²) in [6.07, 6.45) is 4.19. The number of anilines is 2. The second kappa shape index (κ2) is 8.04. The molecule has 0 aliphatic rings. The monoisotopic (exact) mass is 280 g/mol. The summed E-state index contributed by atoms with van der Waals surface area (Å²) in [5, 5.41) is 15.2. The van der Waals surface area contributed by atoms with E-state index in [9.17, 15) is 0 Å². The molecule has 5 heteroatoms. The van der Waals surface area contributed by atoms with Crippen LogP contribution in [-0.4, -0.2) is 35.3 Å². The molecule has 0 atom stereocenters. The van der Waals surface area contributed by atoms with Gasteiger partial charge < -0.3 is 15.7 Å². The second-order valence-corrected chi connectivity index (χ2v) is 6.03. The van der Waals surface area contributed by atoms with E-state index in [0.717, 1.165) is 49.7 Å². The molecule has 3 N–H and O–H groups in total. The van der Waals surface area contributed by atoms with Gasteiger partial charge in [-0.05, 0) is 12.8 Å². The highest BCUT2D eigenvalue weighted by Gasteiger charge is 2.18. The molecule has 0 unspecified atom stereocenters. The maximum Gasteiger partial charge on any atom is 0.138 e. The number of aromatic nitrogens is 2. The van der Waals surface area contributed by atoms with Crippen LogP contribution in [0.5, 0.6) is 0 Å². The van der Waals surface area contributed by atoms with Crippen molar-refractivity contribution in [2.45, 2.75) is 51.9 Å². The number of nitrogens with zero attached hydrogens (tertiary/aromatic N) is 2. The molecule has 0 saturated heterocycles. The molecule has 0 aliphatic carbocycles. The summed E-state index contributed by atoms with van der Waals surface area (Å²) in [6, 6.07) is 1.93. The van der Waals surface area contributed by atoms with Crippen LogP contribution in [0.4, 0.5) is 11.6 Å². The Morgan fingerprint density at radius 1 is 1.05 bits per heavy atom. The Balaban J connectivity index is 2.56. The van der Waals surface area contributed by atoms with Gasteiger partial charge in [-0.1, -0.05) is 33.6 Å². The van der Waals surface area contributed by atoms with E-state index in [0.29, 0.717) is 6.61 Å². The Morgan fingerprint density at radius 3 is 2.30 bits per heavy atom. The van der Waals surface area contributed by atoms with Crippen LogP contribution in [0.3, 0.4) is 0 Å². The van der Waals surface area contributed by atoms with E-state index in [2.05, 4.69) is 41.4 Å². The number of aliphatic hydroxyl groups excluding tert-OH is 1. The lowest BCUT2D eigenvalue weighted by molar-refractivity contribution is 0.283. The fourth-order valence-electron chi connectivity index (χ4n) is 1.81. The molecule has 20 heavy (non-hydrogen) atoms. The van der Waals surface area contributed by atoms with Gasteiger partial charge in [0.2, 0.25) is 0 Å². The van der Waals surface area contributed by atoms with Gasteiger partial charge in [0.1, 0.15) is 17.5 Å². The van der Waals surface area contributed by atoms with E-state index in [-0.39, 0.29) is 5.41 Å². The number of unbranched alkanes of at least 4 members (excludes halogenated alkanes) is 3. The molecule has 0 amide bonds. The average Bonchev–Trinajstić information content (AvgIpc) is 2.41. The maximum absolute atomic E-state index is 8.73. The molecular weight excluding hydrogens is 252 g/mol. The van der Waals surface area contributed by atoms with Gasteiger partial charge in [-0.2, -0.15) is 0 Å². The second-order valence-electron chi connectivity index (χ2n) is 6.03. The average molecular weight is 280 g/mol. The minimum absolute atomic E-state index is 0.0651. The van der Waals surface area contributed by atoms with Crippen LogP contribution >= 0.6 is 0 Å². The Kier molecular flexibility index (Phi) is 6.71. The molecule has 0 fully saturated rings. The highest BCUT2D eigenvalue weighted by Crippen LogP contribution is 2.22. The molecule has 0 bridgehead atoms. The van der Waals surface area contributed by atoms with Gasteiger partial charge in [0, 0.05) is 31.7 Å². The normalized spacial score (nSPS) is 11.4. The lowest BCUT2D eigenvalue weighted by Crippen LogP contribution is -2.18. The Morgan fingerprint density at radius 2 is 1.70 bits per heavy atom. The third-order valence-corrected chi connectivity index (χ3v) is 3.04. The van der Waals surface area contributed by atoms with Gasteiger partial charge in [-0.15, -0.1) is 0 Å². The fraction of sp³-hybridized carbons (Fsp3) is 0.733. The summed E-state index contributed by atoms with van der Waals surface area (Å²) in [5.41, 5.74) is -0.0651. The SMILES string of the molecule is CNc1cc(NCCCCCCO)nc(C(C)(C)C)n1. The summed E-state index contributed by atoms with van der Waals surface area (Å²) in [7, 11) is 1.87. The van der Waals surface area contributed by atoms with Gasteiger partial charge in [0.05, 0.1) is 0 Å². The summed E-state index contributed by atoms with van der Waals surface area (Å²) in [4.78, 5) is 9.09. The van der Waals surface area contributed by atoms with Crippen molar-refractivity contribution >= 4 is 11.6 Å². The van der Waals surface area contributed by atoms with Crippen molar-refractivity contribution in [1.82, 2.24) is 9.97 Å².